The smallest absolute Gasteiger partial charge is 0.323 e. The van der Waals surface area contributed by atoms with Crippen molar-refractivity contribution in [3.05, 3.63) is 0 Å². The maximum Gasteiger partial charge on any atom is 0.323 e. The molecule has 3 nitrogen and oxygen atoms in total. The highest BCUT2D eigenvalue weighted by atomic mass is 16.5. The molecule has 0 heterocycles. The van der Waals surface area contributed by atoms with Crippen molar-refractivity contribution >= 4 is 5.97 Å². The van der Waals surface area contributed by atoms with Gasteiger partial charge in [0.05, 0.1) is 0 Å². The fourth-order valence-electron chi connectivity index (χ4n) is 1.01. The van der Waals surface area contributed by atoms with Crippen molar-refractivity contribution in [1.82, 2.24) is 0 Å². The van der Waals surface area contributed by atoms with Crippen LogP contribution in [0.15, 0.2) is 0 Å². The highest BCUT2D eigenvalue weighted by molar-refractivity contribution is 5.75. The van der Waals surface area contributed by atoms with Crippen LogP contribution in [0.5, 0.6) is 0 Å². The molecule has 84 valence electrons. The lowest BCUT2D eigenvalue weighted by atomic mass is 10.0. The van der Waals surface area contributed by atoms with E-state index in [4.69, 9.17) is 10.5 Å². The van der Waals surface area contributed by atoms with Gasteiger partial charge >= 0.3 is 5.97 Å². The summed E-state index contributed by atoms with van der Waals surface area (Å²) in [7, 11) is 0. The molecule has 0 fully saturated rings. The lowest BCUT2D eigenvalue weighted by Crippen LogP contribution is -2.36. The highest BCUT2D eigenvalue weighted by Crippen LogP contribution is 2.09. The maximum atomic E-state index is 11.4. The van der Waals surface area contributed by atoms with E-state index in [1.807, 2.05) is 34.6 Å². The zero-order valence-corrected chi connectivity index (χ0v) is 9.91. The Hall–Kier alpha value is -0.570. The zero-order valence-electron chi connectivity index (χ0n) is 9.91. The molecular formula is C11H23NO2. The van der Waals surface area contributed by atoms with E-state index in [0.29, 0.717) is 18.3 Å². The third-order valence-corrected chi connectivity index (χ3v) is 2.27. The number of carbonyl (C=O) groups excluding carboxylic acids is 1. The SMILES string of the molecule is CC(C)CC(N)C(=O)OC(C)C(C)C. The Balaban J connectivity index is 3.95. The van der Waals surface area contributed by atoms with Crippen LogP contribution >= 0.6 is 0 Å². The van der Waals surface area contributed by atoms with Crippen LogP contribution in [0.2, 0.25) is 0 Å². The molecule has 0 spiro atoms. The van der Waals surface area contributed by atoms with E-state index < -0.39 is 6.04 Å². The summed E-state index contributed by atoms with van der Waals surface area (Å²) < 4.78 is 5.21. The number of carbonyl (C=O) groups is 1. The van der Waals surface area contributed by atoms with Crippen LogP contribution in [-0.4, -0.2) is 18.1 Å². The van der Waals surface area contributed by atoms with Gasteiger partial charge in [-0.2, -0.15) is 0 Å². The van der Waals surface area contributed by atoms with Gasteiger partial charge in [-0.1, -0.05) is 27.7 Å². The standard InChI is InChI=1S/C11H23NO2/c1-7(2)6-10(12)11(13)14-9(5)8(3)4/h7-10H,6,12H2,1-5H3. The summed E-state index contributed by atoms with van der Waals surface area (Å²) in [6.45, 7) is 10.0. The van der Waals surface area contributed by atoms with Gasteiger partial charge in [0.15, 0.2) is 0 Å². The molecule has 0 amide bonds. The Labute approximate surface area is 87.0 Å². The van der Waals surface area contributed by atoms with Crippen LogP contribution in [0.25, 0.3) is 0 Å². The van der Waals surface area contributed by atoms with Crippen LogP contribution in [0.1, 0.15) is 41.0 Å². The van der Waals surface area contributed by atoms with Gasteiger partial charge in [-0.3, -0.25) is 4.79 Å². The number of rotatable bonds is 5. The van der Waals surface area contributed by atoms with E-state index in [2.05, 4.69) is 0 Å². The number of nitrogens with two attached hydrogens (primary N) is 1. The molecule has 2 unspecified atom stereocenters. The second-order valence-corrected chi connectivity index (χ2v) is 4.62. The first-order valence-corrected chi connectivity index (χ1v) is 5.30. The largest absolute Gasteiger partial charge is 0.461 e. The van der Waals surface area contributed by atoms with Crippen LogP contribution in [0.3, 0.4) is 0 Å². The average molecular weight is 201 g/mol. The molecular weight excluding hydrogens is 178 g/mol. The van der Waals surface area contributed by atoms with Crippen molar-refractivity contribution in [3.8, 4) is 0 Å². The number of hydrogen-bond acceptors (Lipinski definition) is 3. The Morgan fingerprint density at radius 1 is 1.21 bits per heavy atom. The molecule has 0 saturated carbocycles. The normalized spacial score (nSPS) is 15.7. The molecule has 0 rings (SSSR count). The van der Waals surface area contributed by atoms with Crippen LogP contribution < -0.4 is 5.73 Å². The fraction of sp³-hybridized carbons (Fsp3) is 0.909. The van der Waals surface area contributed by atoms with E-state index in [-0.39, 0.29) is 12.1 Å². The summed E-state index contributed by atoms with van der Waals surface area (Å²) in [4.78, 5) is 11.4. The molecule has 0 aliphatic rings. The average Bonchev–Trinajstić information content (AvgIpc) is 2.02. The summed E-state index contributed by atoms with van der Waals surface area (Å²) in [6, 6.07) is -0.476. The van der Waals surface area contributed by atoms with Gasteiger partial charge in [0, 0.05) is 0 Å². The molecule has 14 heavy (non-hydrogen) atoms. The van der Waals surface area contributed by atoms with E-state index in [0.717, 1.165) is 0 Å². The Morgan fingerprint density at radius 3 is 2.07 bits per heavy atom. The minimum absolute atomic E-state index is 0.0549. The second-order valence-electron chi connectivity index (χ2n) is 4.62. The molecule has 0 saturated heterocycles. The van der Waals surface area contributed by atoms with E-state index in [1.54, 1.807) is 0 Å². The second kappa shape index (κ2) is 6.02. The molecule has 0 aromatic rings. The Bertz CT molecular complexity index is 178. The summed E-state index contributed by atoms with van der Waals surface area (Å²) in [5, 5.41) is 0. The maximum absolute atomic E-state index is 11.4. The van der Waals surface area contributed by atoms with Crippen molar-refractivity contribution < 1.29 is 9.53 Å². The molecule has 0 aromatic carbocycles. The minimum Gasteiger partial charge on any atom is -0.461 e. The van der Waals surface area contributed by atoms with Crippen molar-refractivity contribution in [3.63, 3.8) is 0 Å². The van der Waals surface area contributed by atoms with E-state index in [9.17, 15) is 4.79 Å². The monoisotopic (exact) mass is 201 g/mol. The summed E-state index contributed by atoms with van der Waals surface area (Å²) in [6.07, 6.45) is 0.629. The first-order chi connectivity index (χ1) is 6.34. The van der Waals surface area contributed by atoms with Gasteiger partial charge < -0.3 is 10.5 Å². The van der Waals surface area contributed by atoms with Crippen LogP contribution in [0.4, 0.5) is 0 Å². The minimum atomic E-state index is -0.476. The molecule has 0 bridgehead atoms. The molecule has 0 aliphatic heterocycles. The molecule has 3 heteroatoms. The van der Waals surface area contributed by atoms with E-state index >= 15 is 0 Å². The molecule has 0 aromatic heterocycles. The van der Waals surface area contributed by atoms with Gasteiger partial charge in [0.25, 0.3) is 0 Å². The molecule has 0 aliphatic carbocycles. The summed E-state index contributed by atoms with van der Waals surface area (Å²) >= 11 is 0. The van der Waals surface area contributed by atoms with Crippen molar-refractivity contribution in [2.45, 2.75) is 53.2 Å². The number of esters is 1. The first kappa shape index (κ1) is 13.4. The summed E-state index contributed by atoms with van der Waals surface area (Å²) in [5.41, 5.74) is 5.69. The first-order valence-electron chi connectivity index (χ1n) is 5.30. The third-order valence-electron chi connectivity index (χ3n) is 2.27. The number of ether oxygens (including phenoxy) is 1. The van der Waals surface area contributed by atoms with Crippen molar-refractivity contribution in [2.75, 3.05) is 0 Å². The number of hydrogen-bond donors (Lipinski definition) is 1. The highest BCUT2D eigenvalue weighted by Gasteiger charge is 2.20. The molecule has 0 radical (unpaired) electrons. The van der Waals surface area contributed by atoms with Gasteiger partial charge in [-0.05, 0) is 25.2 Å². The zero-order chi connectivity index (χ0) is 11.3. The van der Waals surface area contributed by atoms with Gasteiger partial charge in [0.1, 0.15) is 12.1 Å². The fourth-order valence-corrected chi connectivity index (χ4v) is 1.01. The third kappa shape index (κ3) is 5.22. The lowest BCUT2D eigenvalue weighted by Gasteiger charge is -2.20. The Kier molecular flexibility index (Phi) is 5.77. The summed E-state index contributed by atoms with van der Waals surface area (Å²) in [5.74, 6) is 0.483. The van der Waals surface area contributed by atoms with Crippen molar-refractivity contribution in [1.29, 1.82) is 0 Å². The van der Waals surface area contributed by atoms with Crippen LogP contribution in [-0.2, 0) is 9.53 Å². The lowest BCUT2D eigenvalue weighted by molar-refractivity contribution is -0.152. The predicted molar refractivity (Wildman–Crippen MR) is 57.8 cm³/mol. The van der Waals surface area contributed by atoms with Gasteiger partial charge in [-0.15, -0.1) is 0 Å². The quantitative estimate of drug-likeness (QED) is 0.692. The van der Waals surface area contributed by atoms with Gasteiger partial charge in [-0.25, -0.2) is 0 Å². The molecule has 2 atom stereocenters. The molecule has 2 N–H and O–H groups in total. The van der Waals surface area contributed by atoms with Crippen LogP contribution in [0, 0.1) is 11.8 Å². The van der Waals surface area contributed by atoms with Gasteiger partial charge in [0.2, 0.25) is 0 Å². The Morgan fingerprint density at radius 2 is 1.71 bits per heavy atom. The van der Waals surface area contributed by atoms with E-state index in [1.165, 1.54) is 0 Å². The van der Waals surface area contributed by atoms with Crippen molar-refractivity contribution in [2.24, 2.45) is 17.6 Å². The topological polar surface area (TPSA) is 52.3 Å². The predicted octanol–water partition coefficient (Wildman–Crippen LogP) is 1.95.